The van der Waals surface area contributed by atoms with E-state index in [4.69, 9.17) is 10.1 Å². The van der Waals surface area contributed by atoms with E-state index in [-0.39, 0.29) is 35.7 Å². The molecule has 3 heterocycles. The van der Waals surface area contributed by atoms with Gasteiger partial charge >= 0.3 is 0 Å². The van der Waals surface area contributed by atoms with Crippen molar-refractivity contribution in [3.63, 3.8) is 0 Å². The summed E-state index contributed by atoms with van der Waals surface area (Å²) in [5.41, 5.74) is 2.40. The van der Waals surface area contributed by atoms with E-state index < -0.39 is 21.9 Å². The molecule has 1 fully saturated rings. The highest BCUT2D eigenvalue weighted by Gasteiger charge is 2.33. The Kier molecular flexibility index (Phi) is 6.62. The summed E-state index contributed by atoms with van der Waals surface area (Å²) in [6.07, 6.45) is 5.69. The Labute approximate surface area is 191 Å². The third kappa shape index (κ3) is 5.64. The zero-order chi connectivity index (χ0) is 23.6. The molecule has 178 valence electrons. The summed E-state index contributed by atoms with van der Waals surface area (Å²) >= 11 is 0. The number of halogens is 2. The number of nitrogens with two attached hydrogens (primary N) is 1. The van der Waals surface area contributed by atoms with Gasteiger partial charge in [-0.25, -0.2) is 32.3 Å². The molecule has 1 amide bonds. The molecule has 1 aliphatic carbocycles. The van der Waals surface area contributed by atoms with E-state index in [1.807, 2.05) is 6.07 Å². The van der Waals surface area contributed by atoms with Gasteiger partial charge in [-0.15, -0.1) is 0 Å². The molecule has 11 heteroatoms. The van der Waals surface area contributed by atoms with Gasteiger partial charge in [0.25, 0.3) is 15.9 Å². The standard InChI is InChI=1S/C22H27F2N5O3S/c23-22(24)8-4-11-29(12-9-22)20-17(13-15-5-2-1-3-6-18(15)28-20)21(30)27-16-7-10-26-19(14-16)33(25,31)32/h7,10,13-14H,1-6,8-9,11-12H2,(H2,25,31,32)(H,26,27,30). The van der Waals surface area contributed by atoms with Gasteiger partial charge in [0, 0.05) is 49.6 Å². The monoisotopic (exact) mass is 479 g/mol. The fourth-order valence-corrected chi connectivity index (χ4v) is 4.82. The summed E-state index contributed by atoms with van der Waals surface area (Å²) in [4.78, 5) is 23.6. The van der Waals surface area contributed by atoms with Crippen LogP contribution in [0.5, 0.6) is 0 Å². The molecule has 0 spiro atoms. The van der Waals surface area contributed by atoms with Gasteiger partial charge in [-0.1, -0.05) is 6.42 Å². The lowest BCUT2D eigenvalue weighted by molar-refractivity contribution is -0.0102. The van der Waals surface area contributed by atoms with Crippen LogP contribution in [0.2, 0.25) is 0 Å². The van der Waals surface area contributed by atoms with Crippen molar-refractivity contribution >= 4 is 27.4 Å². The number of pyridine rings is 2. The fraction of sp³-hybridized carbons (Fsp3) is 0.500. The maximum Gasteiger partial charge on any atom is 0.259 e. The van der Waals surface area contributed by atoms with Crippen molar-refractivity contribution in [3.05, 3.63) is 41.2 Å². The number of aromatic nitrogens is 2. The van der Waals surface area contributed by atoms with Crippen LogP contribution in [0, 0.1) is 0 Å². The predicted molar refractivity (Wildman–Crippen MR) is 120 cm³/mol. The highest BCUT2D eigenvalue weighted by Crippen LogP contribution is 2.32. The van der Waals surface area contributed by atoms with Gasteiger partial charge in [0.15, 0.2) is 5.03 Å². The number of fused-ring (bicyclic) bond motifs is 1. The topological polar surface area (TPSA) is 118 Å². The average molecular weight is 480 g/mol. The van der Waals surface area contributed by atoms with Crippen LogP contribution in [-0.4, -0.2) is 43.3 Å². The number of hydrogen-bond acceptors (Lipinski definition) is 6. The van der Waals surface area contributed by atoms with Gasteiger partial charge in [0.2, 0.25) is 5.92 Å². The smallest absolute Gasteiger partial charge is 0.259 e. The maximum absolute atomic E-state index is 14.0. The maximum atomic E-state index is 14.0. The number of nitrogens with zero attached hydrogens (tertiary/aromatic N) is 3. The first-order valence-electron chi connectivity index (χ1n) is 11.1. The number of hydrogen-bond donors (Lipinski definition) is 2. The molecule has 1 saturated heterocycles. The first kappa shape index (κ1) is 23.5. The van der Waals surface area contributed by atoms with E-state index >= 15 is 0 Å². The molecular formula is C22H27F2N5O3S. The van der Waals surface area contributed by atoms with E-state index in [0.717, 1.165) is 43.4 Å². The van der Waals surface area contributed by atoms with Gasteiger partial charge < -0.3 is 10.2 Å². The first-order valence-corrected chi connectivity index (χ1v) is 12.6. The van der Waals surface area contributed by atoms with E-state index in [1.54, 1.807) is 4.90 Å². The number of nitrogens with one attached hydrogen (secondary N) is 1. The van der Waals surface area contributed by atoms with Crippen molar-refractivity contribution in [2.45, 2.75) is 62.3 Å². The Bertz CT molecular complexity index is 1160. The minimum Gasteiger partial charge on any atom is -0.356 e. The third-order valence-electron chi connectivity index (χ3n) is 6.08. The Morgan fingerprint density at radius 1 is 1.09 bits per heavy atom. The van der Waals surface area contributed by atoms with E-state index in [2.05, 4.69) is 10.3 Å². The Morgan fingerprint density at radius 2 is 1.88 bits per heavy atom. The van der Waals surface area contributed by atoms with Gasteiger partial charge in [0.05, 0.1) is 5.56 Å². The molecule has 0 bridgehead atoms. The molecule has 2 aliphatic rings. The first-order chi connectivity index (χ1) is 15.6. The molecule has 33 heavy (non-hydrogen) atoms. The summed E-state index contributed by atoms with van der Waals surface area (Å²) in [5, 5.41) is 7.46. The van der Waals surface area contributed by atoms with Crippen molar-refractivity contribution < 1.29 is 22.0 Å². The summed E-state index contributed by atoms with van der Waals surface area (Å²) in [5.74, 6) is -2.83. The SMILES string of the molecule is NS(=O)(=O)c1cc(NC(=O)c2cc3c(nc2N2CCCC(F)(F)CC2)CCCCC3)ccn1. The van der Waals surface area contributed by atoms with Crippen molar-refractivity contribution in [2.75, 3.05) is 23.3 Å². The summed E-state index contributed by atoms with van der Waals surface area (Å²) in [7, 11) is -4.04. The molecule has 1 aliphatic heterocycles. The van der Waals surface area contributed by atoms with Crippen LogP contribution in [0.1, 0.15) is 60.1 Å². The molecule has 8 nitrogen and oxygen atoms in total. The molecule has 2 aromatic rings. The normalized spacial score (nSPS) is 18.7. The van der Waals surface area contributed by atoms with Crippen molar-refractivity contribution in [3.8, 4) is 0 Å². The van der Waals surface area contributed by atoms with Crippen LogP contribution in [0.3, 0.4) is 0 Å². The second kappa shape index (κ2) is 9.30. The number of sulfonamides is 1. The molecule has 0 saturated carbocycles. The van der Waals surface area contributed by atoms with Crippen LogP contribution < -0.4 is 15.4 Å². The highest BCUT2D eigenvalue weighted by atomic mass is 32.2. The average Bonchev–Trinajstić information content (AvgIpc) is 3.09. The lowest BCUT2D eigenvalue weighted by atomic mass is 10.0. The van der Waals surface area contributed by atoms with Gasteiger partial charge in [0.1, 0.15) is 5.82 Å². The van der Waals surface area contributed by atoms with Crippen LogP contribution in [0.4, 0.5) is 20.3 Å². The van der Waals surface area contributed by atoms with Crippen LogP contribution >= 0.6 is 0 Å². The predicted octanol–water partition coefficient (Wildman–Crippen LogP) is 3.27. The quantitative estimate of drug-likeness (QED) is 0.650. The summed E-state index contributed by atoms with van der Waals surface area (Å²) in [6.45, 7) is 0.483. The number of rotatable bonds is 4. The molecule has 0 radical (unpaired) electrons. The Balaban J connectivity index is 1.70. The number of carbonyl (C=O) groups excluding carboxylic acids is 1. The number of alkyl halides is 2. The van der Waals surface area contributed by atoms with E-state index in [1.165, 1.54) is 18.3 Å². The van der Waals surface area contributed by atoms with E-state index in [0.29, 0.717) is 18.8 Å². The zero-order valence-corrected chi connectivity index (χ0v) is 19.0. The van der Waals surface area contributed by atoms with Gasteiger partial charge in [-0.05, 0) is 49.8 Å². The highest BCUT2D eigenvalue weighted by molar-refractivity contribution is 7.89. The van der Waals surface area contributed by atoms with Crippen molar-refractivity contribution in [2.24, 2.45) is 5.14 Å². The Morgan fingerprint density at radius 3 is 2.67 bits per heavy atom. The van der Waals surface area contributed by atoms with E-state index in [9.17, 15) is 22.0 Å². The number of primary sulfonamides is 1. The van der Waals surface area contributed by atoms with Crippen LogP contribution in [0.15, 0.2) is 29.4 Å². The third-order valence-corrected chi connectivity index (χ3v) is 6.88. The minimum atomic E-state index is -4.04. The molecule has 0 atom stereocenters. The number of amides is 1. The molecule has 0 aromatic carbocycles. The lowest BCUT2D eigenvalue weighted by Gasteiger charge is -2.25. The van der Waals surface area contributed by atoms with Crippen LogP contribution in [0.25, 0.3) is 0 Å². The van der Waals surface area contributed by atoms with Gasteiger partial charge in [-0.2, -0.15) is 0 Å². The molecule has 3 N–H and O–H groups in total. The van der Waals surface area contributed by atoms with Gasteiger partial charge in [-0.3, -0.25) is 4.79 Å². The zero-order valence-electron chi connectivity index (χ0n) is 18.2. The summed E-state index contributed by atoms with van der Waals surface area (Å²) < 4.78 is 51.1. The largest absolute Gasteiger partial charge is 0.356 e. The number of carbonyl (C=O) groups is 1. The molecule has 2 aromatic heterocycles. The minimum absolute atomic E-state index is 0.101. The van der Waals surface area contributed by atoms with Crippen molar-refractivity contribution in [1.82, 2.24) is 9.97 Å². The molecular weight excluding hydrogens is 452 g/mol. The fourth-order valence-electron chi connectivity index (χ4n) is 4.32. The second-order valence-electron chi connectivity index (χ2n) is 8.60. The van der Waals surface area contributed by atoms with Crippen LogP contribution in [-0.2, 0) is 22.9 Å². The number of anilines is 2. The second-order valence-corrected chi connectivity index (χ2v) is 10.1. The lowest BCUT2D eigenvalue weighted by Crippen LogP contribution is -2.30. The summed E-state index contributed by atoms with van der Waals surface area (Å²) in [6, 6.07) is 4.44. The van der Waals surface area contributed by atoms with Crippen molar-refractivity contribution in [1.29, 1.82) is 0 Å². The Hall–Kier alpha value is -2.66. The number of aryl methyl sites for hydroxylation is 2. The molecule has 0 unspecified atom stereocenters. The molecule has 4 rings (SSSR count).